The fourth-order valence-electron chi connectivity index (χ4n) is 9.65. The first kappa shape index (κ1) is 82.1. The minimum absolute atomic E-state index is 0. The van der Waals surface area contributed by atoms with Gasteiger partial charge < -0.3 is 49.1 Å². The van der Waals surface area contributed by atoms with Crippen LogP contribution in [0, 0.1) is 0 Å². The number of rotatable bonds is 34. The second kappa shape index (κ2) is 43.9. The number of unbranched alkanes of at least 4 members (excludes halogenated alkanes) is 6. The molecule has 0 aliphatic heterocycles. The Morgan fingerprint density at radius 1 is 0.527 bits per heavy atom. The Hall–Kier alpha value is -3.31. The summed E-state index contributed by atoms with van der Waals surface area (Å²) in [5.41, 5.74) is 4.52. The number of hydrogen-bond acceptors (Lipinski definition) is 10. The zero-order chi connectivity index (χ0) is 66.8. The van der Waals surface area contributed by atoms with E-state index in [0.29, 0.717) is 80.9 Å². The molecule has 0 radical (unpaired) electrons. The molecule has 6 aromatic carbocycles. The number of nitrogens with one attached hydrogen (secondary N) is 4. The van der Waals surface area contributed by atoms with E-state index in [1.54, 1.807) is 54.6 Å². The molecule has 12 nitrogen and oxygen atoms in total. The topological polar surface area (TPSA) is 156 Å². The maximum absolute atomic E-state index is 14.3. The van der Waals surface area contributed by atoms with E-state index in [0.717, 1.165) is 91.9 Å². The molecular weight excluding hydrogens is 1780 g/mol. The first-order chi connectivity index (χ1) is 44.2. The van der Waals surface area contributed by atoms with E-state index in [1.165, 1.54) is 30.3 Å². The molecule has 0 bridgehead atoms. The molecule has 5 N–H and O–H groups in total. The number of hydrogen-bond donors (Lipinski definition) is 5. The number of aromatic nitrogens is 2. The number of fused-ring (bicyclic) bond motifs is 2. The third-order valence-electron chi connectivity index (χ3n) is 15.6. The number of benzene rings is 6. The van der Waals surface area contributed by atoms with Crippen molar-refractivity contribution in [1.29, 1.82) is 0 Å². The molecule has 0 aliphatic carbocycles. The third-order valence-corrected chi connectivity index (χ3v) is 20.1. The predicted molar refractivity (Wildman–Crippen MR) is 404 cm³/mol. The first-order valence-electron chi connectivity index (χ1n) is 30.7. The van der Waals surface area contributed by atoms with Gasteiger partial charge in [-0.25, -0.2) is 0 Å². The van der Waals surface area contributed by atoms with Crippen molar-refractivity contribution in [3.05, 3.63) is 224 Å². The summed E-state index contributed by atoms with van der Waals surface area (Å²) in [5, 5.41) is 19.4. The maximum atomic E-state index is 14.3. The summed E-state index contributed by atoms with van der Waals surface area (Å²) in [7, 11) is -2.16. The number of alkyl halides is 4. The van der Waals surface area contributed by atoms with Crippen molar-refractivity contribution in [2.75, 3.05) is 52.6 Å². The maximum Gasteiger partial charge on any atom is 0.296 e. The SMILES string of the molecule is C.CC(C)(C)[Si](C)(C)O[C@@H](CNCCCCCCOCC(F)(F)c1ccccc1)c1ccc(OCc2ccccc2)c2[nH]c(=O)ccc12.II.I[I-]I.O=c1ccc2c([C@@H](O)CNCCCCCCOCC(F)(F)c3ccccc3)ccc(OCc3ccccc3)c2[nH]1. The second-order valence-corrected chi connectivity index (χ2v) is 44.5. The van der Waals surface area contributed by atoms with Gasteiger partial charge in [-0.05, 0) is 103 Å². The molecule has 8 rings (SSSR count). The van der Waals surface area contributed by atoms with Crippen LogP contribution in [0.4, 0.5) is 17.6 Å². The summed E-state index contributed by atoms with van der Waals surface area (Å²) >= 11 is 9.54. The van der Waals surface area contributed by atoms with E-state index in [9.17, 15) is 32.3 Å². The Morgan fingerprint density at radius 3 is 1.32 bits per heavy atom. The Morgan fingerprint density at radius 2 is 0.903 bits per heavy atom. The fraction of sp³-hybridized carbons (Fsp3) is 0.408. The van der Waals surface area contributed by atoms with E-state index >= 15 is 0 Å². The minimum Gasteiger partial charge on any atom is -0.487 e. The molecule has 8 aromatic rings. The average Bonchev–Trinajstić information content (AvgIpc) is 0.809. The van der Waals surface area contributed by atoms with Gasteiger partial charge in [0.15, 0.2) is 8.32 Å². The van der Waals surface area contributed by atoms with Crippen molar-refractivity contribution in [3.8, 4) is 11.5 Å². The zero-order valence-corrected chi connectivity index (χ0v) is 64.5. The second-order valence-electron chi connectivity index (χ2n) is 23.5. The molecule has 0 aliphatic rings. The number of H-pyrrole nitrogens is 2. The number of aliphatic hydroxyl groups is 1. The van der Waals surface area contributed by atoms with Gasteiger partial charge in [-0.3, -0.25) is 9.59 Å². The monoisotopic (exact) mass is 1870 g/mol. The van der Waals surface area contributed by atoms with Crippen LogP contribution in [0.5, 0.6) is 11.5 Å². The molecule has 93 heavy (non-hydrogen) atoms. The molecule has 2 aromatic heterocycles. The van der Waals surface area contributed by atoms with Crippen molar-refractivity contribution in [2.24, 2.45) is 0 Å². The van der Waals surface area contributed by atoms with Crippen LogP contribution < -0.4 is 44.5 Å². The molecule has 0 saturated heterocycles. The number of aromatic amines is 2. The molecule has 0 saturated carbocycles. The summed E-state index contributed by atoms with van der Waals surface area (Å²) < 4.78 is 86.5. The van der Waals surface area contributed by atoms with Crippen LogP contribution in [0.25, 0.3) is 21.8 Å². The molecule has 2 heterocycles. The largest absolute Gasteiger partial charge is 0.487 e. The summed E-state index contributed by atoms with van der Waals surface area (Å²) in [6, 6.07) is 49.4. The summed E-state index contributed by atoms with van der Waals surface area (Å²) in [5.74, 6) is -4.79. The standard InChI is InChI=1S/C38H50F2N2O4Si.C32H36F2N2O4.CH4.I3.I2/c1-37(2,3)47(4,5)46-34(26-41-24-14-6-7-15-25-44-28-38(39,40)30-18-12-9-13-19-30)31-20-22-33(36-32(31)21-23-35(43)42-36)45-27-29-16-10-8-11-17-29;33-32(34,25-13-7-4-8-14-25)23-39-20-10-2-1-9-19-35-21-28(37)26-15-17-29(31-27(26)16-18-30(38)36-31)40-22-24-11-5-3-6-12-24;;1-3-2;1-2/h8-13,16-23,34,41H,6-7,14-15,24-28H2,1-5H3,(H,42,43);3-8,11-18,28,35,37H,1-2,9-10,19-23H2,(H,36,38);1H4;;/q;;;-1;/t34-;28-;;;/m00.../s1. The number of ether oxygens (including phenoxy) is 4. The Bertz CT molecular complexity index is 3470. The molecular formula is C71H90F4I5N4O8Si-. The Balaban J connectivity index is 0.000000371. The van der Waals surface area contributed by atoms with E-state index in [4.69, 9.17) is 23.4 Å². The van der Waals surface area contributed by atoms with Gasteiger partial charge in [-0.15, -0.1) is 0 Å². The number of pyridine rings is 2. The van der Waals surface area contributed by atoms with Gasteiger partial charge in [0.25, 0.3) is 11.8 Å². The van der Waals surface area contributed by atoms with Crippen molar-refractivity contribution >= 4 is 105 Å². The van der Waals surface area contributed by atoms with Gasteiger partial charge >= 0.3 is 50.5 Å². The van der Waals surface area contributed by atoms with Crippen LogP contribution in [0.15, 0.2) is 179 Å². The van der Waals surface area contributed by atoms with Crippen molar-refractivity contribution in [1.82, 2.24) is 20.6 Å². The predicted octanol–water partition coefficient (Wildman–Crippen LogP) is 16.4. The van der Waals surface area contributed by atoms with E-state index in [-0.39, 0.29) is 40.8 Å². The van der Waals surface area contributed by atoms with Crippen LogP contribution in [0.1, 0.15) is 125 Å². The third kappa shape index (κ3) is 28.6. The van der Waals surface area contributed by atoms with Crippen LogP contribution >= 0.6 is 74.5 Å². The summed E-state index contributed by atoms with van der Waals surface area (Å²) in [6.07, 6.45) is 6.00. The van der Waals surface area contributed by atoms with Crippen molar-refractivity contribution in [2.45, 2.75) is 135 Å². The fourth-order valence-corrected chi connectivity index (χ4v) is 10.9. The smallest absolute Gasteiger partial charge is 0.296 e. The van der Waals surface area contributed by atoms with Gasteiger partial charge in [0, 0.05) is 97.6 Å². The molecule has 0 fully saturated rings. The van der Waals surface area contributed by atoms with Gasteiger partial charge in [-0.2, -0.15) is 17.6 Å². The number of aliphatic hydroxyl groups excluding tert-OH is 1. The van der Waals surface area contributed by atoms with E-state index in [2.05, 4.69) is 135 Å². The first-order valence-corrected chi connectivity index (χ1v) is 52.5. The minimum atomic E-state index is -2.98. The number of halogens is 9. The molecule has 0 unspecified atom stereocenters. The average molecular weight is 1870 g/mol. The molecule has 22 heteroatoms. The quantitative estimate of drug-likeness (QED) is 0.0114. The van der Waals surface area contributed by atoms with E-state index < -0.39 is 39.5 Å². The van der Waals surface area contributed by atoms with Gasteiger partial charge in [0.1, 0.15) is 37.9 Å². The molecule has 2 atom stereocenters. The van der Waals surface area contributed by atoms with Crippen LogP contribution in [-0.2, 0) is 39.0 Å². The van der Waals surface area contributed by atoms with E-state index in [1.807, 2.05) is 78.9 Å². The van der Waals surface area contributed by atoms with Crippen LogP contribution in [0.2, 0.25) is 18.1 Å². The van der Waals surface area contributed by atoms with Crippen molar-refractivity contribution in [3.63, 3.8) is 0 Å². The Labute approximate surface area is 601 Å². The van der Waals surface area contributed by atoms with Crippen molar-refractivity contribution < 1.29 is 59.3 Å². The summed E-state index contributed by atoms with van der Waals surface area (Å²) in [6.45, 7) is 13.8. The normalized spacial score (nSPS) is 12.3. The van der Waals surface area contributed by atoms with Gasteiger partial charge in [0.2, 0.25) is 11.1 Å². The Kier molecular flexibility index (Phi) is 38.7. The van der Waals surface area contributed by atoms with Gasteiger partial charge in [0.05, 0.1) is 23.2 Å². The molecule has 0 spiro atoms. The van der Waals surface area contributed by atoms with Crippen LogP contribution in [-0.4, -0.2) is 76.0 Å². The van der Waals surface area contributed by atoms with Crippen LogP contribution in [0.3, 0.4) is 0 Å². The summed E-state index contributed by atoms with van der Waals surface area (Å²) in [4.78, 5) is 30.3. The zero-order valence-electron chi connectivity index (χ0n) is 52.8. The van der Waals surface area contributed by atoms with Gasteiger partial charge in [-0.1, -0.05) is 187 Å². The molecule has 510 valence electrons. The molecule has 0 amide bonds.